The van der Waals surface area contributed by atoms with Crippen molar-refractivity contribution in [2.45, 2.75) is 4.99 Å². The number of aliphatic imine (C=N–C) groups is 1. The van der Waals surface area contributed by atoms with Crippen LogP contribution in [-0.2, 0) is 19.8 Å². The van der Waals surface area contributed by atoms with Crippen molar-refractivity contribution in [2.24, 2.45) is 4.99 Å². The first-order valence-electron chi connectivity index (χ1n) is 6.75. The van der Waals surface area contributed by atoms with E-state index in [2.05, 4.69) is 10.3 Å². The molecule has 122 valence electrons. The highest BCUT2D eigenvalue weighted by molar-refractivity contribution is 7.90. The van der Waals surface area contributed by atoms with Crippen LogP contribution in [0.1, 0.15) is 4.88 Å². The van der Waals surface area contributed by atoms with E-state index >= 15 is 0 Å². The standard InChI is InChI=1S/C12H17ClN4O3S2/c1-16(2)22(18,19)12(17-4-6-20-7-5-17)10-9(3-8-21-10)14-11(13)15-12/h3,8H,4-7H2,1-2H3,(H,14,15). The van der Waals surface area contributed by atoms with Gasteiger partial charge in [-0.1, -0.05) is 0 Å². The van der Waals surface area contributed by atoms with Crippen molar-refractivity contribution < 1.29 is 13.2 Å². The number of halogens is 1. The lowest BCUT2D eigenvalue weighted by molar-refractivity contribution is 0.00503. The van der Waals surface area contributed by atoms with Gasteiger partial charge in [0.15, 0.2) is 5.29 Å². The number of rotatable bonds is 3. The minimum atomic E-state index is -3.78. The zero-order valence-electron chi connectivity index (χ0n) is 12.2. The van der Waals surface area contributed by atoms with Crippen LogP contribution in [0.25, 0.3) is 0 Å². The summed E-state index contributed by atoms with van der Waals surface area (Å²) in [5.41, 5.74) is 0.682. The smallest absolute Gasteiger partial charge is 0.270 e. The van der Waals surface area contributed by atoms with Gasteiger partial charge in [-0.3, -0.25) is 4.90 Å². The number of ether oxygens (including phenoxy) is 1. The summed E-state index contributed by atoms with van der Waals surface area (Å²) < 4.78 is 32.9. The maximum atomic E-state index is 13.2. The van der Waals surface area contributed by atoms with Gasteiger partial charge in [-0.25, -0.2) is 17.7 Å². The van der Waals surface area contributed by atoms with E-state index in [9.17, 15) is 8.42 Å². The Kier molecular flexibility index (Phi) is 4.21. The molecule has 1 aromatic heterocycles. The van der Waals surface area contributed by atoms with Crippen molar-refractivity contribution in [3.05, 3.63) is 16.3 Å². The molecule has 22 heavy (non-hydrogen) atoms. The quantitative estimate of drug-likeness (QED) is 0.813. The summed E-state index contributed by atoms with van der Waals surface area (Å²) in [6.45, 7) is 1.87. The van der Waals surface area contributed by atoms with Crippen LogP contribution < -0.4 is 5.32 Å². The molecule has 1 atom stereocenters. The molecule has 10 heteroatoms. The molecule has 1 unspecified atom stereocenters. The van der Waals surface area contributed by atoms with Crippen LogP contribution >= 0.6 is 22.9 Å². The van der Waals surface area contributed by atoms with Gasteiger partial charge in [0.1, 0.15) is 0 Å². The molecule has 2 aliphatic rings. The number of fused-ring (bicyclic) bond motifs is 1. The zero-order valence-corrected chi connectivity index (χ0v) is 14.6. The molecule has 1 fully saturated rings. The van der Waals surface area contributed by atoms with Gasteiger partial charge < -0.3 is 10.1 Å². The molecule has 0 amide bonds. The Labute approximate surface area is 138 Å². The van der Waals surface area contributed by atoms with Gasteiger partial charge in [0.25, 0.3) is 15.0 Å². The van der Waals surface area contributed by atoms with Crippen LogP contribution in [-0.4, -0.2) is 63.3 Å². The van der Waals surface area contributed by atoms with Gasteiger partial charge in [-0.15, -0.1) is 11.3 Å². The third-order valence-electron chi connectivity index (χ3n) is 3.73. The Morgan fingerprint density at radius 1 is 1.45 bits per heavy atom. The topological polar surface area (TPSA) is 74.2 Å². The van der Waals surface area contributed by atoms with Crippen molar-refractivity contribution >= 4 is 43.9 Å². The van der Waals surface area contributed by atoms with Gasteiger partial charge in [0.2, 0.25) is 0 Å². The number of morpholine rings is 1. The molecule has 3 rings (SSSR count). The first-order chi connectivity index (χ1) is 10.4. The normalized spacial score (nSPS) is 26.5. The van der Waals surface area contributed by atoms with E-state index in [-0.39, 0.29) is 5.29 Å². The fourth-order valence-corrected chi connectivity index (χ4v) is 5.87. The first-order valence-corrected chi connectivity index (χ1v) is 9.44. The lowest BCUT2D eigenvalue weighted by atomic mass is 10.2. The second-order valence-electron chi connectivity index (χ2n) is 5.19. The SMILES string of the molecule is CN(C)S(=O)(=O)C1(N2CCOCC2)N=C(Cl)Nc2ccsc21. The average Bonchev–Trinajstić information content (AvgIpc) is 2.95. The van der Waals surface area contributed by atoms with Crippen LogP contribution in [0.3, 0.4) is 0 Å². The minimum absolute atomic E-state index is 0.0721. The van der Waals surface area contributed by atoms with Crippen LogP contribution in [0.4, 0.5) is 5.69 Å². The summed E-state index contributed by atoms with van der Waals surface area (Å²) in [5.74, 6) is 0. The van der Waals surface area contributed by atoms with Crippen molar-refractivity contribution in [1.29, 1.82) is 0 Å². The molecule has 2 aliphatic heterocycles. The van der Waals surface area contributed by atoms with Gasteiger partial charge in [-0.2, -0.15) is 0 Å². The number of hydrogen-bond donors (Lipinski definition) is 1. The highest BCUT2D eigenvalue weighted by atomic mass is 35.5. The summed E-state index contributed by atoms with van der Waals surface area (Å²) in [7, 11) is -0.755. The number of thiophene rings is 1. The van der Waals surface area contributed by atoms with Crippen LogP contribution in [0.5, 0.6) is 0 Å². The van der Waals surface area contributed by atoms with E-state index in [0.717, 1.165) is 0 Å². The number of amidine groups is 1. The summed E-state index contributed by atoms with van der Waals surface area (Å²) in [4.78, 5) is 5.29. The zero-order chi connectivity index (χ0) is 16.0. The molecular formula is C12H17ClN4O3S2. The minimum Gasteiger partial charge on any atom is -0.379 e. The van der Waals surface area contributed by atoms with Crippen molar-refractivity contribution in [1.82, 2.24) is 9.21 Å². The van der Waals surface area contributed by atoms with E-state index in [1.807, 2.05) is 16.3 Å². The Morgan fingerprint density at radius 3 is 2.77 bits per heavy atom. The van der Waals surface area contributed by atoms with E-state index in [1.165, 1.54) is 29.7 Å². The number of nitrogens with one attached hydrogen (secondary N) is 1. The van der Waals surface area contributed by atoms with Gasteiger partial charge in [0, 0.05) is 27.2 Å². The Bertz CT molecular complexity index is 697. The molecule has 0 aromatic carbocycles. The Morgan fingerprint density at radius 2 is 2.14 bits per heavy atom. The summed E-state index contributed by atoms with van der Waals surface area (Å²) in [5, 5.41) is 4.84. The molecule has 0 saturated carbocycles. The third kappa shape index (κ3) is 2.27. The largest absolute Gasteiger partial charge is 0.379 e. The second-order valence-corrected chi connectivity index (χ2v) is 8.71. The third-order valence-corrected chi connectivity index (χ3v) is 7.28. The Hall–Kier alpha value is -0.710. The highest BCUT2D eigenvalue weighted by Gasteiger charge is 2.56. The predicted octanol–water partition coefficient (Wildman–Crippen LogP) is 1.10. The predicted molar refractivity (Wildman–Crippen MR) is 87.9 cm³/mol. The maximum absolute atomic E-state index is 13.2. The van der Waals surface area contributed by atoms with Crippen LogP contribution in [0.2, 0.25) is 0 Å². The fourth-order valence-electron chi connectivity index (χ4n) is 2.66. The second kappa shape index (κ2) is 5.73. The van der Waals surface area contributed by atoms with Gasteiger partial charge in [0.05, 0.1) is 23.8 Å². The van der Waals surface area contributed by atoms with Gasteiger partial charge >= 0.3 is 0 Å². The summed E-state index contributed by atoms with van der Waals surface area (Å²) >= 11 is 7.47. The van der Waals surface area contributed by atoms with Gasteiger partial charge in [-0.05, 0) is 23.0 Å². The number of nitrogens with zero attached hydrogens (tertiary/aromatic N) is 3. The molecule has 1 N–H and O–H groups in total. The van der Waals surface area contributed by atoms with Crippen LogP contribution in [0, 0.1) is 0 Å². The molecule has 0 spiro atoms. The number of sulfonamides is 1. The van der Waals surface area contributed by atoms with E-state index in [4.69, 9.17) is 16.3 Å². The van der Waals surface area contributed by atoms with Crippen molar-refractivity contribution in [2.75, 3.05) is 45.7 Å². The van der Waals surface area contributed by atoms with E-state index < -0.39 is 15.0 Å². The van der Waals surface area contributed by atoms with E-state index in [1.54, 1.807) is 0 Å². The molecule has 0 radical (unpaired) electrons. The first kappa shape index (κ1) is 16.2. The molecule has 1 saturated heterocycles. The monoisotopic (exact) mass is 364 g/mol. The molecule has 0 aliphatic carbocycles. The molecule has 1 aromatic rings. The molecule has 3 heterocycles. The molecule has 0 bridgehead atoms. The summed E-state index contributed by atoms with van der Waals surface area (Å²) in [6.07, 6.45) is 0. The maximum Gasteiger partial charge on any atom is 0.270 e. The van der Waals surface area contributed by atoms with E-state index in [0.29, 0.717) is 36.9 Å². The van der Waals surface area contributed by atoms with Crippen molar-refractivity contribution in [3.63, 3.8) is 0 Å². The average molecular weight is 365 g/mol. The molecular weight excluding hydrogens is 348 g/mol. The lowest BCUT2D eigenvalue weighted by Crippen LogP contribution is -2.58. The molecule has 7 nitrogen and oxygen atoms in total. The number of anilines is 1. The van der Waals surface area contributed by atoms with Crippen LogP contribution in [0.15, 0.2) is 16.4 Å². The fraction of sp³-hybridized carbons (Fsp3) is 0.583. The lowest BCUT2D eigenvalue weighted by Gasteiger charge is -2.44. The summed E-state index contributed by atoms with van der Waals surface area (Å²) in [6, 6.07) is 1.82. The van der Waals surface area contributed by atoms with Crippen molar-refractivity contribution in [3.8, 4) is 0 Å². The highest BCUT2D eigenvalue weighted by Crippen LogP contribution is 2.47. The number of hydrogen-bond acceptors (Lipinski definition) is 7. The Balaban J connectivity index is 2.26.